The summed E-state index contributed by atoms with van der Waals surface area (Å²) in [4.78, 5) is 16.4. The first-order chi connectivity index (χ1) is 11.3. The van der Waals surface area contributed by atoms with Crippen molar-refractivity contribution < 1.29 is 9.21 Å². The van der Waals surface area contributed by atoms with E-state index in [9.17, 15) is 4.79 Å². The van der Waals surface area contributed by atoms with Gasteiger partial charge in [-0.25, -0.2) is 4.68 Å². The van der Waals surface area contributed by atoms with E-state index in [4.69, 9.17) is 4.42 Å². The predicted molar refractivity (Wildman–Crippen MR) is 82.6 cm³/mol. The molecule has 0 N–H and O–H groups in total. The maximum Gasteiger partial charge on any atom is 0.257 e. The zero-order valence-corrected chi connectivity index (χ0v) is 13.4. The molecule has 2 aromatic rings. The zero-order chi connectivity index (χ0) is 16.1. The van der Waals surface area contributed by atoms with Crippen LogP contribution in [0.4, 0.5) is 0 Å². The van der Waals surface area contributed by atoms with E-state index in [2.05, 4.69) is 27.3 Å². The number of carbonyl (C=O) groups is 1. The molecule has 0 atom stereocenters. The number of aryl methyl sites for hydroxylation is 1. The number of aromatic nitrogens is 4. The van der Waals surface area contributed by atoms with E-state index >= 15 is 0 Å². The summed E-state index contributed by atoms with van der Waals surface area (Å²) in [5, 5.41) is 12.0. The Morgan fingerprint density at radius 1 is 1.30 bits per heavy atom. The first-order valence-electron chi connectivity index (χ1n) is 8.07. The van der Waals surface area contributed by atoms with Crippen LogP contribution in [0.1, 0.15) is 35.9 Å². The van der Waals surface area contributed by atoms with Crippen LogP contribution in [0.3, 0.4) is 0 Å². The minimum atomic E-state index is 0.0335. The standard InChI is InChI=1S/C15H22N6O2/c1-2-3-5-21-14(16-17-18-21)11-19-6-8-20(9-7-19)15(22)13-4-10-23-12-13/h4,10,12H,2-3,5-9,11H2,1H3. The Kier molecular flexibility index (Phi) is 5.02. The molecule has 0 spiro atoms. The molecule has 1 amide bonds. The fourth-order valence-electron chi connectivity index (χ4n) is 2.70. The highest BCUT2D eigenvalue weighted by Gasteiger charge is 2.23. The molecular formula is C15H22N6O2. The Morgan fingerprint density at radius 3 is 2.83 bits per heavy atom. The van der Waals surface area contributed by atoms with Crippen LogP contribution in [0, 0.1) is 0 Å². The summed E-state index contributed by atoms with van der Waals surface area (Å²) in [6, 6.07) is 1.70. The second-order valence-corrected chi connectivity index (χ2v) is 5.75. The lowest BCUT2D eigenvalue weighted by Crippen LogP contribution is -2.48. The normalized spacial score (nSPS) is 16.0. The predicted octanol–water partition coefficient (Wildman–Crippen LogP) is 1.02. The van der Waals surface area contributed by atoms with Crippen LogP contribution in [0.5, 0.6) is 0 Å². The molecule has 1 aliphatic rings. The van der Waals surface area contributed by atoms with Gasteiger partial charge in [0.05, 0.1) is 18.4 Å². The second-order valence-electron chi connectivity index (χ2n) is 5.75. The average molecular weight is 318 g/mol. The summed E-state index contributed by atoms with van der Waals surface area (Å²) in [6.45, 7) is 6.80. The lowest BCUT2D eigenvalue weighted by atomic mass is 10.2. The first kappa shape index (κ1) is 15.7. The zero-order valence-electron chi connectivity index (χ0n) is 13.4. The number of piperazine rings is 1. The van der Waals surface area contributed by atoms with Crippen LogP contribution in [0.15, 0.2) is 23.0 Å². The van der Waals surface area contributed by atoms with E-state index in [1.54, 1.807) is 6.07 Å². The largest absolute Gasteiger partial charge is 0.472 e. The van der Waals surface area contributed by atoms with Gasteiger partial charge in [-0.2, -0.15) is 0 Å². The first-order valence-corrected chi connectivity index (χ1v) is 8.07. The van der Waals surface area contributed by atoms with Gasteiger partial charge < -0.3 is 9.32 Å². The van der Waals surface area contributed by atoms with Crippen molar-refractivity contribution in [1.82, 2.24) is 30.0 Å². The number of furan rings is 1. The van der Waals surface area contributed by atoms with E-state index in [0.29, 0.717) is 18.7 Å². The topological polar surface area (TPSA) is 80.3 Å². The van der Waals surface area contributed by atoms with Crippen LogP contribution in [0.25, 0.3) is 0 Å². The van der Waals surface area contributed by atoms with Gasteiger partial charge in [0.2, 0.25) is 0 Å². The van der Waals surface area contributed by atoms with Crippen molar-refractivity contribution in [3.63, 3.8) is 0 Å². The molecule has 23 heavy (non-hydrogen) atoms. The van der Waals surface area contributed by atoms with Gasteiger partial charge in [0.1, 0.15) is 6.26 Å². The third-order valence-corrected chi connectivity index (χ3v) is 4.12. The number of unbranched alkanes of at least 4 members (excludes halogenated alkanes) is 1. The molecule has 0 bridgehead atoms. The van der Waals surface area contributed by atoms with E-state index in [1.807, 2.05) is 9.58 Å². The highest BCUT2D eigenvalue weighted by molar-refractivity contribution is 5.93. The van der Waals surface area contributed by atoms with Gasteiger partial charge in [-0.15, -0.1) is 5.10 Å². The molecule has 8 heteroatoms. The SMILES string of the molecule is CCCCn1nnnc1CN1CCN(C(=O)c2ccoc2)CC1. The van der Waals surface area contributed by atoms with Gasteiger partial charge in [-0.05, 0) is 22.9 Å². The maximum absolute atomic E-state index is 12.3. The number of rotatable bonds is 6. The molecule has 124 valence electrons. The molecule has 8 nitrogen and oxygen atoms in total. The van der Waals surface area contributed by atoms with Crippen molar-refractivity contribution in [3.05, 3.63) is 30.0 Å². The Bertz CT molecular complexity index is 616. The fourth-order valence-corrected chi connectivity index (χ4v) is 2.70. The van der Waals surface area contributed by atoms with E-state index in [0.717, 1.165) is 44.8 Å². The minimum Gasteiger partial charge on any atom is -0.472 e. The smallest absolute Gasteiger partial charge is 0.257 e. The average Bonchev–Trinajstić information content (AvgIpc) is 3.25. The molecule has 0 aliphatic carbocycles. The highest BCUT2D eigenvalue weighted by atomic mass is 16.3. The number of nitrogens with zero attached hydrogens (tertiary/aromatic N) is 6. The number of carbonyl (C=O) groups excluding carboxylic acids is 1. The molecule has 3 heterocycles. The van der Waals surface area contributed by atoms with Crippen molar-refractivity contribution in [2.24, 2.45) is 0 Å². The van der Waals surface area contributed by atoms with Crippen molar-refractivity contribution in [2.45, 2.75) is 32.9 Å². The molecule has 2 aromatic heterocycles. The Balaban J connectivity index is 1.51. The molecule has 0 radical (unpaired) electrons. The molecule has 3 rings (SSSR count). The number of amides is 1. The fraction of sp³-hybridized carbons (Fsp3) is 0.600. The molecule has 1 fully saturated rings. The molecule has 1 aliphatic heterocycles. The molecule has 0 saturated carbocycles. The van der Waals surface area contributed by atoms with Gasteiger partial charge in [0, 0.05) is 32.7 Å². The van der Waals surface area contributed by atoms with E-state index < -0.39 is 0 Å². The summed E-state index contributed by atoms with van der Waals surface area (Å²) in [6.07, 6.45) is 5.22. The van der Waals surface area contributed by atoms with Gasteiger partial charge in [-0.1, -0.05) is 13.3 Å². The monoisotopic (exact) mass is 318 g/mol. The Morgan fingerprint density at radius 2 is 2.13 bits per heavy atom. The van der Waals surface area contributed by atoms with Crippen molar-refractivity contribution >= 4 is 5.91 Å². The van der Waals surface area contributed by atoms with Gasteiger partial charge in [-0.3, -0.25) is 9.69 Å². The summed E-state index contributed by atoms with van der Waals surface area (Å²) in [7, 11) is 0. The number of tetrazole rings is 1. The minimum absolute atomic E-state index is 0.0335. The second kappa shape index (κ2) is 7.36. The molecule has 1 saturated heterocycles. The number of hydrogen-bond acceptors (Lipinski definition) is 6. The van der Waals surface area contributed by atoms with Crippen LogP contribution in [-0.4, -0.2) is 62.1 Å². The lowest BCUT2D eigenvalue weighted by Gasteiger charge is -2.34. The van der Waals surface area contributed by atoms with Crippen molar-refractivity contribution in [2.75, 3.05) is 26.2 Å². The van der Waals surface area contributed by atoms with Gasteiger partial charge >= 0.3 is 0 Å². The van der Waals surface area contributed by atoms with Crippen LogP contribution >= 0.6 is 0 Å². The van der Waals surface area contributed by atoms with Crippen LogP contribution < -0.4 is 0 Å². The Hall–Kier alpha value is -2.22. The summed E-state index contributed by atoms with van der Waals surface area (Å²) < 4.78 is 6.86. The van der Waals surface area contributed by atoms with Gasteiger partial charge in [0.15, 0.2) is 5.82 Å². The maximum atomic E-state index is 12.3. The summed E-state index contributed by atoms with van der Waals surface area (Å²) in [5.74, 6) is 0.930. The van der Waals surface area contributed by atoms with Gasteiger partial charge in [0.25, 0.3) is 5.91 Å². The lowest BCUT2D eigenvalue weighted by molar-refractivity contribution is 0.0622. The van der Waals surface area contributed by atoms with Crippen molar-refractivity contribution in [1.29, 1.82) is 0 Å². The number of hydrogen-bond donors (Lipinski definition) is 0. The molecular weight excluding hydrogens is 296 g/mol. The van der Waals surface area contributed by atoms with Crippen molar-refractivity contribution in [3.8, 4) is 0 Å². The quantitative estimate of drug-likeness (QED) is 0.791. The summed E-state index contributed by atoms with van der Waals surface area (Å²) in [5.41, 5.74) is 0.613. The molecule has 0 unspecified atom stereocenters. The Labute approximate surface area is 135 Å². The van der Waals surface area contributed by atoms with E-state index in [-0.39, 0.29) is 5.91 Å². The van der Waals surface area contributed by atoms with E-state index in [1.165, 1.54) is 12.5 Å². The molecule has 0 aromatic carbocycles. The van der Waals surface area contributed by atoms with Crippen LogP contribution in [-0.2, 0) is 13.1 Å². The third-order valence-electron chi connectivity index (χ3n) is 4.12. The summed E-state index contributed by atoms with van der Waals surface area (Å²) >= 11 is 0. The van der Waals surface area contributed by atoms with Crippen LogP contribution in [0.2, 0.25) is 0 Å². The third kappa shape index (κ3) is 3.76. The highest BCUT2D eigenvalue weighted by Crippen LogP contribution is 2.11.